The second-order valence-electron chi connectivity index (χ2n) is 6.79. The number of benzene rings is 2. The van der Waals surface area contributed by atoms with Crippen molar-refractivity contribution in [1.82, 2.24) is 4.90 Å². The minimum Gasteiger partial charge on any atom is -0.508 e. The fourth-order valence-corrected chi connectivity index (χ4v) is 3.30. The fraction of sp³-hybridized carbons (Fsp3) is 0.409. The van der Waals surface area contributed by atoms with Crippen molar-refractivity contribution in [3.05, 3.63) is 59.7 Å². The zero-order valence-corrected chi connectivity index (χ0v) is 15.8. The second-order valence-corrected chi connectivity index (χ2v) is 6.79. The highest BCUT2D eigenvalue weighted by Gasteiger charge is 2.23. The monoisotopic (exact) mass is 369 g/mol. The van der Waals surface area contributed by atoms with E-state index in [1.165, 1.54) is 0 Å². The summed E-state index contributed by atoms with van der Waals surface area (Å²) in [6.07, 6.45) is 2.38. The third-order valence-electron chi connectivity index (χ3n) is 4.74. The van der Waals surface area contributed by atoms with E-state index in [1.54, 1.807) is 17.0 Å². The Labute approximate surface area is 160 Å². The molecule has 0 aliphatic carbocycles. The Hall–Kier alpha value is -2.53. The Balaban J connectivity index is 1.70. The van der Waals surface area contributed by atoms with Gasteiger partial charge in [0, 0.05) is 25.3 Å². The minimum atomic E-state index is 0.0258. The topological polar surface area (TPSA) is 59.0 Å². The van der Waals surface area contributed by atoms with Gasteiger partial charge in [0.1, 0.15) is 11.5 Å². The van der Waals surface area contributed by atoms with Gasteiger partial charge in [-0.15, -0.1) is 0 Å². The van der Waals surface area contributed by atoms with Crippen molar-refractivity contribution in [3.8, 4) is 11.5 Å². The zero-order chi connectivity index (χ0) is 19.1. The third-order valence-corrected chi connectivity index (χ3v) is 4.74. The summed E-state index contributed by atoms with van der Waals surface area (Å²) >= 11 is 0. The number of ether oxygens (including phenoxy) is 2. The number of carbonyl (C=O) groups is 1. The molecule has 0 bridgehead atoms. The van der Waals surface area contributed by atoms with Gasteiger partial charge in [-0.25, -0.2) is 0 Å². The van der Waals surface area contributed by atoms with Gasteiger partial charge in [-0.05, 0) is 43.5 Å². The van der Waals surface area contributed by atoms with E-state index >= 15 is 0 Å². The van der Waals surface area contributed by atoms with Crippen molar-refractivity contribution < 1.29 is 19.4 Å². The Morgan fingerprint density at radius 3 is 2.67 bits per heavy atom. The third kappa shape index (κ3) is 5.47. The Bertz CT molecular complexity index is 738. The lowest BCUT2D eigenvalue weighted by Gasteiger charge is -2.26. The van der Waals surface area contributed by atoms with E-state index < -0.39 is 0 Å². The van der Waals surface area contributed by atoms with E-state index in [9.17, 15) is 9.90 Å². The number of nitrogens with zero attached hydrogens (tertiary/aromatic N) is 1. The largest absolute Gasteiger partial charge is 0.508 e. The molecule has 5 heteroatoms. The van der Waals surface area contributed by atoms with Crippen molar-refractivity contribution in [1.29, 1.82) is 0 Å². The standard InChI is InChI=1S/C22H27NO4/c1-2-26-19-11-9-17(10-12-19)14-22(25)23(16-20-7-5-13-27-20)15-18-6-3-4-8-21(18)24/h3-4,6,8-12,20,24H,2,5,7,13-16H2,1H3. The van der Waals surface area contributed by atoms with Gasteiger partial charge in [-0.1, -0.05) is 30.3 Å². The number of phenolic OH excluding ortho intramolecular Hbond substituents is 1. The molecule has 5 nitrogen and oxygen atoms in total. The van der Waals surface area contributed by atoms with Crippen LogP contribution in [0.4, 0.5) is 0 Å². The molecule has 1 aliphatic rings. The molecule has 1 amide bonds. The fourth-order valence-electron chi connectivity index (χ4n) is 3.30. The molecule has 1 atom stereocenters. The lowest BCUT2D eigenvalue weighted by molar-refractivity contribution is -0.132. The van der Waals surface area contributed by atoms with Crippen LogP contribution in [0.3, 0.4) is 0 Å². The quantitative estimate of drug-likeness (QED) is 0.773. The highest BCUT2D eigenvalue weighted by Crippen LogP contribution is 2.21. The number of phenols is 1. The van der Waals surface area contributed by atoms with Gasteiger partial charge in [-0.2, -0.15) is 0 Å². The van der Waals surface area contributed by atoms with Crippen molar-refractivity contribution in [2.45, 2.75) is 38.8 Å². The van der Waals surface area contributed by atoms with Crippen LogP contribution in [-0.4, -0.2) is 41.8 Å². The maximum absolute atomic E-state index is 13.0. The molecule has 2 aromatic rings. The van der Waals surface area contributed by atoms with Gasteiger partial charge in [0.05, 0.1) is 19.1 Å². The summed E-state index contributed by atoms with van der Waals surface area (Å²) in [7, 11) is 0. The van der Waals surface area contributed by atoms with Gasteiger partial charge >= 0.3 is 0 Å². The van der Waals surface area contributed by atoms with Crippen LogP contribution in [0.2, 0.25) is 0 Å². The van der Waals surface area contributed by atoms with Crippen LogP contribution < -0.4 is 4.74 Å². The first-order valence-electron chi connectivity index (χ1n) is 9.53. The number of carbonyl (C=O) groups excluding carboxylic acids is 1. The zero-order valence-electron chi connectivity index (χ0n) is 15.8. The SMILES string of the molecule is CCOc1ccc(CC(=O)N(Cc2ccccc2O)CC2CCCO2)cc1. The van der Waals surface area contributed by atoms with E-state index in [0.717, 1.165) is 36.3 Å². The van der Waals surface area contributed by atoms with Crippen LogP contribution in [0.5, 0.6) is 11.5 Å². The van der Waals surface area contributed by atoms with Crippen LogP contribution in [0.1, 0.15) is 30.9 Å². The van der Waals surface area contributed by atoms with Crippen molar-refractivity contribution in [3.63, 3.8) is 0 Å². The number of amides is 1. The highest BCUT2D eigenvalue weighted by atomic mass is 16.5. The molecule has 27 heavy (non-hydrogen) atoms. The molecular weight excluding hydrogens is 342 g/mol. The van der Waals surface area contributed by atoms with Crippen molar-refractivity contribution >= 4 is 5.91 Å². The summed E-state index contributed by atoms with van der Waals surface area (Å²) in [5.41, 5.74) is 1.69. The molecule has 1 aliphatic heterocycles. The molecule has 0 radical (unpaired) electrons. The van der Waals surface area contributed by atoms with E-state index in [2.05, 4.69) is 0 Å². The summed E-state index contributed by atoms with van der Waals surface area (Å²) in [4.78, 5) is 14.8. The van der Waals surface area contributed by atoms with Crippen LogP contribution in [0.25, 0.3) is 0 Å². The lowest BCUT2D eigenvalue weighted by atomic mass is 10.1. The average molecular weight is 369 g/mol. The molecule has 1 N–H and O–H groups in total. The normalized spacial score (nSPS) is 16.3. The highest BCUT2D eigenvalue weighted by molar-refractivity contribution is 5.79. The molecule has 1 fully saturated rings. The maximum Gasteiger partial charge on any atom is 0.227 e. The summed E-state index contributed by atoms with van der Waals surface area (Å²) in [5, 5.41) is 10.1. The molecular formula is C22H27NO4. The first kappa shape index (κ1) is 19.2. The molecule has 0 saturated carbocycles. The number of hydrogen-bond donors (Lipinski definition) is 1. The molecule has 1 saturated heterocycles. The van der Waals surface area contributed by atoms with E-state index in [4.69, 9.17) is 9.47 Å². The molecule has 1 heterocycles. The van der Waals surface area contributed by atoms with Gasteiger partial charge < -0.3 is 19.5 Å². The van der Waals surface area contributed by atoms with Crippen molar-refractivity contribution in [2.24, 2.45) is 0 Å². The number of rotatable bonds is 8. The maximum atomic E-state index is 13.0. The summed E-state index contributed by atoms with van der Waals surface area (Å²) in [5.74, 6) is 1.04. The van der Waals surface area contributed by atoms with Gasteiger partial charge in [0.2, 0.25) is 5.91 Å². The van der Waals surface area contributed by atoms with E-state index in [-0.39, 0.29) is 17.8 Å². The van der Waals surface area contributed by atoms with Gasteiger partial charge in [0.25, 0.3) is 0 Å². The van der Waals surface area contributed by atoms with Crippen LogP contribution in [0, 0.1) is 0 Å². The van der Waals surface area contributed by atoms with E-state index in [0.29, 0.717) is 26.1 Å². The van der Waals surface area contributed by atoms with Crippen LogP contribution in [0.15, 0.2) is 48.5 Å². The minimum absolute atomic E-state index is 0.0258. The Morgan fingerprint density at radius 2 is 2.00 bits per heavy atom. The number of para-hydroxylation sites is 1. The molecule has 0 spiro atoms. The smallest absolute Gasteiger partial charge is 0.227 e. The average Bonchev–Trinajstić information content (AvgIpc) is 3.18. The number of hydrogen-bond acceptors (Lipinski definition) is 4. The second kappa shape index (κ2) is 9.42. The lowest BCUT2D eigenvalue weighted by Crippen LogP contribution is -2.37. The van der Waals surface area contributed by atoms with E-state index in [1.807, 2.05) is 43.3 Å². The predicted octanol–water partition coefficient (Wildman–Crippen LogP) is 3.54. The van der Waals surface area contributed by atoms with Crippen LogP contribution in [-0.2, 0) is 22.5 Å². The summed E-state index contributed by atoms with van der Waals surface area (Å²) < 4.78 is 11.2. The molecule has 2 aromatic carbocycles. The molecule has 144 valence electrons. The Kier molecular flexibility index (Phi) is 6.71. The molecule has 1 unspecified atom stereocenters. The summed E-state index contributed by atoms with van der Waals surface area (Å²) in [6, 6.07) is 14.8. The molecule has 3 rings (SSSR count). The van der Waals surface area contributed by atoms with Crippen molar-refractivity contribution in [2.75, 3.05) is 19.8 Å². The number of aromatic hydroxyl groups is 1. The predicted molar refractivity (Wildman–Crippen MR) is 104 cm³/mol. The van der Waals surface area contributed by atoms with Gasteiger partial charge in [-0.3, -0.25) is 4.79 Å². The first-order valence-corrected chi connectivity index (χ1v) is 9.53. The summed E-state index contributed by atoms with van der Waals surface area (Å²) in [6.45, 7) is 4.24. The molecule has 0 aromatic heterocycles. The first-order chi connectivity index (χ1) is 13.2. The van der Waals surface area contributed by atoms with Gasteiger partial charge in [0.15, 0.2) is 0 Å². The van der Waals surface area contributed by atoms with Crippen LogP contribution >= 0.6 is 0 Å². The Morgan fingerprint density at radius 1 is 1.22 bits per heavy atom.